The third kappa shape index (κ3) is 3.44. The van der Waals surface area contributed by atoms with E-state index in [9.17, 15) is 4.79 Å². The van der Waals surface area contributed by atoms with Crippen molar-refractivity contribution in [2.45, 2.75) is 39.5 Å². The van der Waals surface area contributed by atoms with E-state index in [1.807, 2.05) is 13.0 Å². The van der Waals surface area contributed by atoms with E-state index in [2.05, 4.69) is 18.1 Å². The van der Waals surface area contributed by atoms with E-state index in [-0.39, 0.29) is 18.4 Å². The molecule has 3 rings (SSSR count). The molecule has 7 heteroatoms. The summed E-state index contributed by atoms with van der Waals surface area (Å²) < 4.78 is 14.5. The molecule has 0 spiro atoms. The van der Waals surface area contributed by atoms with Crippen LogP contribution in [0.4, 0.5) is 0 Å². The van der Waals surface area contributed by atoms with Crippen LogP contribution in [0, 0.1) is 17.2 Å². The Morgan fingerprint density at radius 1 is 1.44 bits per heavy atom. The van der Waals surface area contributed by atoms with Gasteiger partial charge in [-0.15, -0.1) is 0 Å². The Hall–Kier alpha value is -2.59. The predicted molar refractivity (Wildman–Crippen MR) is 91.3 cm³/mol. The third-order valence-corrected chi connectivity index (χ3v) is 4.48. The van der Waals surface area contributed by atoms with Crippen LogP contribution in [0.15, 0.2) is 29.1 Å². The molecule has 1 fully saturated rings. The number of ether oxygens (including phenoxy) is 2. The van der Waals surface area contributed by atoms with Crippen LogP contribution in [-0.4, -0.2) is 27.6 Å². The van der Waals surface area contributed by atoms with Gasteiger partial charge >= 0.3 is 5.69 Å². The Bertz CT molecular complexity index is 834. The SMILES string of the molecule is CCn1c([C@H]2OCC[C@H]2C)nn(CCOc2ccccc2C#N)c1=O. The van der Waals surface area contributed by atoms with E-state index < -0.39 is 0 Å². The largest absolute Gasteiger partial charge is 0.490 e. The van der Waals surface area contributed by atoms with Crippen LogP contribution >= 0.6 is 0 Å². The summed E-state index contributed by atoms with van der Waals surface area (Å²) in [6, 6.07) is 9.13. The van der Waals surface area contributed by atoms with Gasteiger partial charge in [0.05, 0.1) is 12.1 Å². The molecule has 25 heavy (non-hydrogen) atoms. The van der Waals surface area contributed by atoms with E-state index in [1.54, 1.807) is 22.8 Å². The van der Waals surface area contributed by atoms with Gasteiger partial charge in [-0.3, -0.25) is 4.57 Å². The summed E-state index contributed by atoms with van der Waals surface area (Å²) in [5, 5.41) is 13.6. The van der Waals surface area contributed by atoms with Gasteiger partial charge < -0.3 is 9.47 Å². The van der Waals surface area contributed by atoms with E-state index in [0.717, 1.165) is 6.42 Å². The molecule has 2 atom stereocenters. The normalized spacial score (nSPS) is 19.7. The second-order valence-electron chi connectivity index (χ2n) is 6.12. The smallest absolute Gasteiger partial charge is 0.346 e. The maximum Gasteiger partial charge on any atom is 0.346 e. The average Bonchev–Trinajstić information content (AvgIpc) is 3.18. The fourth-order valence-corrected chi connectivity index (χ4v) is 3.06. The van der Waals surface area contributed by atoms with Crippen molar-refractivity contribution in [3.05, 3.63) is 46.1 Å². The van der Waals surface area contributed by atoms with Gasteiger partial charge in [0, 0.05) is 13.2 Å². The van der Waals surface area contributed by atoms with Gasteiger partial charge in [-0.25, -0.2) is 9.48 Å². The average molecular weight is 342 g/mol. The number of para-hydroxylation sites is 1. The Balaban J connectivity index is 1.74. The molecule has 0 aliphatic carbocycles. The minimum Gasteiger partial charge on any atom is -0.490 e. The van der Waals surface area contributed by atoms with Gasteiger partial charge in [0.1, 0.15) is 24.5 Å². The third-order valence-electron chi connectivity index (χ3n) is 4.48. The summed E-state index contributed by atoms with van der Waals surface area (Å²) in [7, 11) is 0. The highest BCUT2D eigenvalue weighted by Crippen LogP contribution is 2.32. The van der Waals surface area contributed by atoms with Crippen molar-refractivity contribution in [2.24, 2.45) is 5.92 Å². The zero-order chi connectivity index (χ0) is 17.8. The second-order valence-corrected chi connectivity index (χ2v) is 6.12. The highest BCUT2D eigenvalue weighted by Gasteiger charge is 2.31. The lowest BCUT2D eigenvalue weighted by Gasteiger charge is -2.13. The fourth-order valence-electron chi connectivity index (χ4n) is 3.06. The lowest BCUT2D eigenvalue weighted by molar-refractivity contribution is 0.0835. The van der Waals surface area contributed by atoms with Gasteiger partial charge in [0.25, 0.3) is 0 Å². The monoisotopic (exact) mass is 342 g/mol. The molecule has 0 amide bonds. The van der Waals surface area contributed by atoms with E-state index in [0.29, 0.717) is 42.8 Å². The molecule has 1 saturated heterocycles. The van der Waals surface area contributed by atoms with Crippen LogP contribution in [0.3, 0.4) is 0 Å². The fraction of sp³-hybridized carbons (Fsp3) is 0.500. The minimum atomic E-state index is -0.155. The number of aromatic nitrogens is 3. The van der Waals surface area contributed by atoms with Crippen LogP contribution in [-0.2, 0) is 17.8 Å². The van der Waals surface area contributed by atoms with E-state index >= 15 is 0 Å². The highest BCUT2D eigenvalue weighted by molar-refractivity contribution is 5.42. The molecular formula is C18H22N4O3. The number of nitrogens with zero attached hydrogens (tertiary/aromatic N) is 4. The first-order valence-corrected chi connectivity index (χ1v) is 8.56. The van der Waals surface area contributed by atoms with Crippen molar-refractivity contribution in [3.8, 4) is 11.8 Å². The molecule has 0 radical (unpaired) electrons. The predicted octanol–water partition coefficient (Wildman–Crippen LogP) is 2.11. The number of hydrogen-bond donors (Lipinski definition) is 0. The molecule has 7 nitrogen and oxygen atoms in total. The van der Waals surface area contributed by atoms with Crippen molar-refractivity contribution >= 4 is 0 Å². The van der Waals surface area contributed by atoms with Gasteiger partial charge in [0.15, 0.2) is 5.82 Å². The highest BCUT2D eigenvalue weighted by atomic mass is 16.5. The lowest BCUT2D eigenvalue weighted by Crippen LogP contribution is -2.27. The molecule has 132 valence electrons. The minimum absolute atomic E-state index is 0.130. The molecule has 0 N–H and O–H groups in total. The maximum atomic E-state index is 12.5. The van der Waals surface area contributed by atoms with E-state index in [1.165, 1.54) is 4.68 Å². The van der Waals surface area contributed by atoms with Gasteiger partial charge in [0.2, 0.25) is 0 Å². The first-order chi connectivity index (χ1) is 12.2. The van der Waals surface area contributed by atoms with Crippen LogP contribution < -0.4 is 10.4 Å². The van der Waals surface area contributed by atoms with Crippen molar-refractivity contribution < 1.29 is 9.47 Å². The number of hydrogen-bond acceptors (Lipinski definition) is 5. The van der Waals surface area contributed by atoms with Crippen molar-refractivity contribution in [1.29, 1.82) is 5.26 Å². The number of nitriles is 1. The topological polar surface area (TPSA) is 82.1 Å². The molecular weight excluding hydrogens is 320 g/mol. The summed E-state index contributed by atoms with van der Waals surface area (Å²) in [4.78, 5) is 12.5. The summed E-state index contributed by atoms with van der Waals surface area (Å²) in [6.07, 6.45) is 0.845. The quantitative estimate of drug-likeness (QED) is 0.803. The van der Waals surface area contributed by atoms with Crippen molar-refractivity contribution in [1.82, 2.24) is 14.3 Å². The molecule has 2 aromatic rings. The van der Waals surface area contributed by atoms with Gasteiger partial charge in [-0.1, -0.05) is 19.1 Å². The maximum absolute atomic E-state index is 12.5. The number of benzene rings is 1. The zero-order valence-corrected chi connectivity index (χ0v) is 14.5. The van der Waals surface area contributed by atoms with Gasteiger partial charge in [-0.05, 0) is 31.4 Å². The second kappa shape index (κ2) is 7.53. The summed E-state index contributed by atoms with van der Waals surface area (Å²) in [5.74, 6) is 1.55. The number of rotatable bonds is 6. The molecule has 1 aromatic heterocycles. The first-order valence-electron chi connectivity index (χ1n) is 8.56. The molecule has 0 unspecified atom stereocenters. The van der Waals surface area contributed by atoms with Crippen LogP contribution in [0.1, 0.15) is 37.8 Å². The lowest BCUT2D eigenvalue weighted by atomic mass is 10.0. The van der Waals surface area contributed by atoms with E-state index in [4.69, 9.17) is 14.7 Å². The Morgan fingerprint density at radius 2 is 2.24 bits per heavy atom. The van der Waals surface area contributed by atoms with Crippen molar-refractivity contribution in [2.75, 3.05) is 13.2 Å². The van der Waals surface area contributed by atoms with Crippen LogP contribution in [0.25, 0.3) is 0 Å². The standard InChI is InChI=1S/C18H22N4O3/c1-3-21-17(16-13(2)8-10-25-16)20-22(18(21)23)9-11-24-15-7-5-4-6-14(15)12-19/h4-7,13,16H,3,8-11H2,1-2H3/t13-,16+/m1/s1. The van der Waals surface area contributed by atoms with Crippen LogP contribution in [0.2, 0.25) is 0 Å². The molecule has 2 heterocycles. The molecule has 1 aliphatic heterocycles. The Kier molecular flexibility index (Phi) is 5.19. The summed E-state index contributed by atoms with van der Waals surface area (Å²) in [5.41, 5.74) is 0.320. The Morgan fingerprint density at radius 3 is 2.92 bits per heavy atom. The molecule has 1 aromatic carbocycles. The molecule has 0 bridgehead atoms. The summed E-state index contributed by atoms with van der Waals surface area (Å²) in [6.45, 7) is 5.88. The zero-order valence-electron chi connectivity index (χ0n) is 14.5. The Labute approximate surface area is 146 Å². The summed E-state index contributed by atoms with van der Waals surface area (Å²) >= 11 is 0. The molecule has 1 aliphatic rings. The van der Waals surface area contributed by atoms with Crippen molar-refractivity contribution in [3.63, 3.8) is 0 Å². The first kappa shape index (κ1) is 17.2. The molecule has 0 saturated carbocycles. The van der Waals surface area contributed by atoms with Gasteiger partial charge in [-0.2, -0.15) is 10.4 Å². The van der Waals surface area contributed by atoms with Crippen LogP contribution in [0.5, 0.6) is 5.75 Å².